The first-order valence-electron chi connectivity index (χ1n) is 5.09. The number of aryl methyl sites for hydroxylation is 1. The topological polar surface area (TPSA) is 90.7 Å². The van der Waals surface area contributed by atoms with Gasteiger partial charge in [0.25, 0.3) is 0 Å². The highest BCUT2D eigenvalue weighted by Crippen LogP contribution is 2.21. The van der Waals surface area contributed by atoms with Crippen molar-refractivity contribution >= 4 is 23.7 Å². The number of rotatable bonds is 3. The molecule has 1 aromatic carbocycles. The zero-order chi connectivity index (χ0) is 12.3. The van der Waals surface area contributed by atoms with E-state index in [1.807, 2.05) is 0 Å². The van der Waals surface area contributed by atoms with Crippen molar-refractivity contribution in [3.05, 3.63) is 35.7 Å². The normalized spacial score (nSPS) is 10.4. The van der Waals surface area contributed by atoms with Crippen LogP contribution in [0.1, 0.15) is 11.4 Å². The minimum absolute atomic E-state index is 0.164. The molecule has 88 valence electrons. The summed E-state index contributed by atoms with van der Waals surface area (Å²) in [6, 6.07) is 8.26. The molecule has 2 aromatic rings. The summed E-state index contributed by atoms with van der Waals surface area (Å²) in [6.45, 7) is 2.06. The minimum atomic E-state index is 0.164. The maximum atomic E-state index is 5.50. The van der Waals surface area contributed by atoms with E-state index in [4.69, 9.17) is 11.5 Å². The molecule has 0 aliphatic heterocycles. The van der Waals surface area contributed by atoms with E-state index in [2.05, 4.69) is 46.1 Å². The molecule has 1 aromatic heterocycles. The third kappa shape index (κ3) is 3.32. The predicted octanol–water partition coefficient (Wildman–Crippen LogP) is 1.64. The van der Waals surface area contributed by atoms with Crippen LogP contribution in [0.15, 0.2) is 29.2 Å². The molecule has 0 atom stereocenters. The lowest BCUT2D eigenvalue weighted by Gasteiger charge is -2.02. The number of hydrogen-bond acceptors (Lipinski definition) is 6. The third-order valence-corrected chi connectivity index (χ3v) is 3.11. The summed E-state index contributed by atoms with van der Waals surface area (Å²) in [7, 11) is 0. The monoisotopic (exact) mass is 247 g/mol. The molecule has 0 saturated heterocycles. The molecule has 0 spiro atoms. The Balaban J connectivity index is 2.04. The standard InChI is InChI=1S/C11H13N5S/c1-7-2-4-8(5-3-7)17-6-9-14-10(12)16-11(13)15-9/h2-5H,6H2,1H3,(H4,12,13,14,15,16). The summed E-state index contributed by atoms with van der Waals surface area (Å²) in [5, 5.41) is 0. The lowest BCUT2D eigenvalue weighted by molar-refractivity contribution is 0.988. The third-order valence-electron chi connectivity index (χ3n) is 2.11. The second-order valence-electron chi connectivity index (χ2n) is 3.57. The Labute approximate surface area is 104 Å². The van der Waals surface area contributed by atoms with Gasteiger partial charge in [0, 0.05) is 4.90 Å². The van der Waals surface area contributed by atoms with E-state index in [1.165, 1.54) is 5.56 Å². The summed E-state index contributed by atoms with van der Waals surface area (Å²) < 4.78 is 0. The molecule has 0 amide bonds. The molecule has 2 rings (SSSR count). The molecule has 0 saturated carbocycles. The number of nitrogens with two attached hydrogens (primary N) is 2. The van der Waals surface area contributed by atoms with Gasteiger partial charge in [-0.15, -0.1) is 11.8 Å². The largest absolute Gasteiger partial charge is 0.368 e. The van der Waals surface area contributed by atoms with Gasteiger partial charge in [-0.2, -0.15) is 15.0 Å². The Morgan fingerprint density at radius 2 is 1.59 bits per heavy atom. The highest BCUT2D eigenvalue weighted by Gasteiger charge is 2.02. The Morgan fingerprint density at radius 1 is 1.00 bits per heavy atom. The molecule has 17 heavy (non-hydrogen) atoms. The van der Waals surface area contributed by atoms with Gasteiger partial charge in [0.1, 0.15) is 5.82 Å². The predicted molar refractivity (Wildman–Crippen MR) is 69.4 cm³/mol. The van der Waals surface area contributed by atoms with Gasteiger partial charge in [-0.05, 0) is 19.1 Å². The lowest BCUT2D eigenvalue weighted by atomic mass is 10.2. The van der Waals surface area contributed by atoms with Gasteiger partial charge in [-0.25, -0.2) is 0 Å². The first kappa shape index (κ1) is 11.7. The van der Waals surface area contributed by atoms with E-state index < -0.39 is 0 Å². The number of nitrogen functional groups attached to an aromatic ring is 2. The zero-order valence-electron chi connectivity index (χ0n) is 9.42. The lowest BCUT2D eigenvalue weighted by Crippen LogP contribution is -2.05. The summed E-state index contributed by atoms with van der Waals surface area (Å²) in [4.78, 5) is 12.9. The van der Waals surface area contributed by atoms with Crippen LogP contribution in [0.2, 0.25) is 0 Å². The number of thioether (sulfide) groups is 1. The van der Waals surface area contributed by atoms with E-state index in [0.717, 1.165) is 4.90 Å². The van der Waals surface area contributed by atoms with Gasteiger partial charge in [0.15, 0.2) is 0 Å². The van der Waals surface area contributed by atoms with E-state index in [-0.39, 0.29) is 11.9 Å². The van der Waals surface area contributed by atoms with Crippen molar-refractivity contribution in [2.75, 3.05) is 11.5 Å². The van der Waals surface area contributed by atoms with Crippen molar-refractivity contribution in [1.29, 1.82) is 0 Å². The minimum Gasteiger partial charge on any atom is -0.368 e. The molecule has 0 fully saturated rings. The molecule has 0 bridgehead atoms. The van der Waals surface area contributed by atoms with E-state index in [0.29, 0.717) is 11.6 Å². The Kier molecular flexibility index (Phi) is 3.43. The molecule has 0 aliphatic rings. The fourth-order valence-corrected chi connectivity index (χ4v) is 2.06. The van der Waals surface area contributed by atoms with Crippen molar-refractivity contribution in [1.82, 2.24) is 15.0 Å². The maximum absolute atomic E-state index is 5.50. The first-order valence-corrected chi connectivity index (χ1v) is 6.07. The first-order chi connectivity index (χ1) is 8.13. The molecule has 0 unspecified atom stereocenters. The zero-order valence-corrected chi connectivity index (χ0v) is 10.2. The Bertz CT molecular complexity index is 492. The van der Waals surface area contributed by atoms with Crippen LogP contribution >= 0.6 is 11.8 Å². The molecule has 5 nitrogen and oxygen atoms in total. The SMILES string of the molecule is Cc1ccc(SCc2nc(N)nc(N)n2)cc1. The second-order valence-corrected chi connectivity index (χ2v) is 4.62. The van der Waals surface area contributed by atoms with Crippen LogP contribution in [-0.4, -0.2) is 15.0 Å². The number of nitrogens with zero attached hydrogens (tertiary/aromatic N) is 3. The number of aromatic nitrogens is 3. The van der Waals surface area contributed by atoms with Crippen molar-refractivity contribution < 1.29 is 0 Å². The van der Waals surface area contributed by atoms with Crippen molar-refractivity contribution in [2.45, 2.75) is 17.6 Å². The average Bonchev–Trinajstić information content (AvgIpc) is 2.27. The highest BCUT2D eigenvalue weighted by molar-refractivity contribution is 7.98. The van der Waals surface area contributed by atoms with Gasteiger partial charge in [-0.3, -0.25) is 0 Å². The molecule has 0 radical (unpaired) electrons. The van der Waals surface area contributed by atoms with Gasteiger partial charge in [0.05, 0.1) is 5.75 Å². The number of benzene rings is 1. The second kappa shape index (κ2) is 5.01. The molecule has 1 heterocycles. The molecular formula is C11H13N5S. The fourth-order valence-electron chi connectivity index (χ4n) is 1.30. The van der Waals surface area contributed by atoms with Gasteiger partial charge < -0.3 is 11.5 Å². The van der Waals surface area contributed by atoms with Crippen LogP contribution in [0.4, 0.5) is 11.9 Å². The summed E-state index contributed by atoms with van der Waals surface area (Å²) in [6.07, 6.45) is 0. The molecule has 4 N–H and O–H groups in total. The van der Waals surface area contributed by atoms with Crippen molar-refractivity contribution in [2.24, 2.45) is 0 Å². The Morgan fingerprint density at radius 3 is 2.18 bits per heavy atom. The molecule has 0 aliphatic carbocycles. The summed E-state index contributed by atoms with van der Waals surface area (Å²) in [5.41, 5.74) is 12.2. The van der Waals surface area contributed by atoms with Crippen LogP contribution in [-0.2, 0) is 5.75 Å². The smallest absolute Gasteiger partial charge is 0.225 e. The van der Waals surface area contributed by atoms with E-state index >= 15 is 0 Å². The van der Waals surface area contributed by atoms with Gasteiger partial charge in [-0.1, -0.05) is 17.7 Å². The highest BCUT2D eigenvalue weighted by atomic mass is 32.2. The van der Waals surface area contributed by atoms with Crippen LogP contribution < -0.4 is 11.5 Å². The quantitative estimate of drug-likeness (QED) is 0.801. The van der Waals surface area contributed by atoms with Crippen LogP contribution in [0.5, 0.6) is 0 Å². The van der Waals surface area contributed by atoms with Crippen molar-refractivity contribution in [3.8, 4) is 0 Å². The van der Waals surface area contributed by atoms with Crippen LogP contribution in [0, 0.1) is 6.92 Å². The number of hydrogen-bond donors (Lipinski definition) is 2. The fraction of sp³-hybridized carbons (Fsp3) is 0.182. The Hall–Kier alpha value is -1.82. The van der Waals surface area contributed by atoms with Gasteiger partial charge >= 0.3 is 0 Å². The van der Waals surface area contributed by atoms with Crippen molar-refractivity contribution in [3.63, 3.8) is 0 Å². The molecular weight excluding hydrogens is 234 g/mol. The summed E-state index contributed by atoms with van der Waals surface area (Å²) in [5.74, 6) is 1.55. The summed E-state index contributed by atoms with van der Waals surface area (Å²) >= 11 is 1.64. The van der Waals surface area contributed by atoms with E-state index in [9.17, 15) is 0 Å². The van der Waals surface area contributed by atoms with Gasteiger partial charge in [0.2, 0.25) is 11.9 Å². The molecule has 6 heteroatoms. The van der Waals surface area contributed by atoms with Crippen LogP contribution in [0.25, 0.3) is 0 Å². The average molecular weight is 247 g/mol. The maximum Gasteiger partial charge on any atom is 0.225 e. The van der Waals surface area contributed by atoms with Crippen LogP contribution in [0.3, 0.4) is 0 Å². The number of anilines is 2. The van der Waals surface area contributed by atoms with E-state index in [1.54, 1.807) is 11.8 Å².